The highest BCUT2D eigenvalue weighted by molar-refractivity contribution is 7.88. The Labute approximate surface area is 101 Å². The van der Waals surface area contributed by atoms with Crippen LogP contribution < -0.4 is 4.72 Å². The molecule has 0 atom stereocenters. The number of nitrogens with one attached hydrogen (secondary N) is 1. The van der Waals surface area contributed by atoms with E-state index in [0.29, 0.717) is 5.15 Å². The van der Waals surface area contributed by atoms with Gasteiger partial charge in [0.1, 0.15) is 5.15 Å². The summed E-state index contributed by atoms with van der Waals surface area (Å²) in [6.07, 6.45) is 1.12. The Hall–Kier alpha value is -0.650. The Morgan fingerprint density at radius 1 is 1.44 bits per heavy atom. The van der Waals surface area contributed by atoms with Crippen LogP contribution in [0.25, 0.3) is 0 Å². The molecule has 0 bridgehead atoms. The number of hydrogen-bond donors (Lipinski definition) is 1. The fourth-order valence-electron chi connectivity index (χ4n) is 1.18. The van der Waals surface area contributed by atoms with Gasteiger partial charge in [-0.3, -0.25) is 0 Å². The van der Waals surface area contributed by atoms with Crippen LogP contribution in [0.2, 0.25) is 5.15 Å². The monoisotopic (exact) mass is 262 g/mol. The lowest BCUT2D eigenvalue weighted by Gasteiger charge is -2.08. The molecule has 1 aromatic heterocycles. The fourth-order valence-corrected chi connectivity index (χ4v) is 1.85. The minimum atomic E-state index is -3.18. The van der Waals surface area contributed by atoms with Gasteiger partial charge in [0.05, 0.1) is 6.26 Å². The first kappa shape index (κ1) is 13.4. The summed E-state index contributed by atoms with van der Waals surface area (Å²) in [6, 6.07) is 3.51. The van der Waals surface area contributed by atoms with Crippen LogP contribution in [0.4, 0.5) is 0 Å². The summed E-state index contributed by atoms with van der Waals surface area (Å²) in [5.74, 6) is 0.260. The van der Waals surface area contributed by atoms with Crippen LogP contribution in [0.3, 0.4) is 0 Å². The van der Waals surface area contributed by atoms with E-state index in [9.17, 15) is 8.42 Å². The SMILES string of the molecule is CC(C)c1cc(CNS(C)(=O)=O)cc(Cl)n1. The van der Waals surface area contributed by atoms with Crippen LogP contribution in [0.5, 0.6) is 0 Å². The number of halogens is 1. The molecule has 0 unspecified atom stereocenters. The quantitative estimate of drug-likeness (QED) is 0.844. The van der Waals surface area contributed by atoms with E-state index in [1.54, 1.807) is 6.07 Å². The minimum Gasteiger partial charge on any atom is -0.241 e. The molecule has 90 valence electrons. The molecule has 1 heterocycles. The summed E-state index contributed by atoms with van der Waals surface area (Å²) < 4.78 is 24.3. The third kappa shape index (κ3) is 4.47. The molecule has 0 aliphatic carbocycles. The summed E-state index contributed by atoms with van der Waals surface area (Å²) in [4.78, 5) is 4.17. The molecule has 0 aromatic carbocycles. The predicted octanol–water partition coefficient (Wildman–Crippen LogP) is 1.91. The van der Waals surface area contributed by atoms with Gasteiger partial charge < -0.3 is 0 Å². The summed E-state index contributed by atoms with van der Waals surface area (Å²) in [5, 5.41) is 0.386. The Morgan fingerprint density at radius 3 is 2.56 bits per heavy atom. The van der Waals surface area contributed by atoms with Crippen molar-refractivity contribution in [2.24, 2.45) is 0 Å². The molecule has 0 aliphatic heterocycles. The minimum absolute atomic E-state index is 0.237. The summed E-state index contributed by atoms with van der Waals surface area (Å²) >= 11 is 5.86. The van der Waals surface area contributed by atoms with E-state index in [1.807, 2.05) is 19.9 Å². The van der Waals surface area contributed by atoms with Crippen molar-refractivity contribution in [1.29, 1.82) is 0 Å². The van der Waals surface area contributed by atoms with Gasteiger partial charge in [0.25, 0.3) is 0 Å². The standard InChI is InChI=1S/C10H15ClN2O2S/c1-7(2)9-4-8(5-10(11)13-9)6-12-16(3,14)15/h4-5,7,12H,6H2,1-3H3. The molecule has 0 radical (unpaired) electrons. The number of aromatic nitrogens is 1. The maximum Gasteiger partial charge on any atom is 0.209 e. The normalized spacial score (nSPS) is 12.1. The van der Waals surface area contributed by atoms with Crippen molar-refractivity contribution < 1.29 is 8.42 Å². The zero-order valence-electron chi connectivity index (χ0n) is 9.49. The molecule has 0 spiro atoms. The van der Waals surface area contributed by atoms with Gasteiger partial charge in [0.2, 0.25) is 10.0 Å². The van der Waals surface area contributed by atoms with E-state index < -0.39 is 10.0 Å². The van der Waals surface area contributed by atoms with E-state index in [-0.39, 0.29) is 12.5 Å². The van der Waals surface area contributed by atoms with Crippen molar-refractivity contribution in [1.82, 2.24) is 9.71 Å². The van der Waals surface area contributed by atoms with Crippen LogP contribution in [-0.4, -0.2) is 19.7 Å². The lowest BCUT2D eigenvalue weighted by Crippen LogP contribution is -2.21. The molecule has 0 amide bonds. The molecule has 1 rings (SSSR count). The van der Waals surface area contributed by atoms with Gasteiger partial charge >= 0.3 is 0 Å². The highest BCUT2D eigenvalue weighted by Crippen LogP contribution is 2.17. The van der Waals surface area contributed by atoms with E-state index in [2.05, 4.69) is 9.71 Å². The molecule has 1 N–H and O–H groups in total. The molecule has 4 nitrogen and oxygen atoms in total. The highest BCUT2D eigenvalue weighted by Gasteiger charge is 2.07. The Kier molecular flexibility index (Phi) is 4.29. The third-order valence-corrected chi connectivity index (χ3v) is 2.87. The molecule has 6 heteroatoms. The van der Waals surface area contributed by atoms with Crippen LogP contribution in [0.1, 0.15) is 31.0 Å². The first-order valence-corrected chi connectivity index (χ1v) is 7.16. The zero-order valence-corrected chi connectivity index (χ0v) is 11.1. The van der Waals surface area contributed by atoms with E-state index >= 15 is 0 Å². The summed E-state index contributed by atoms with van der Waals surface area (Å²) in [6.45, 7) is 4.25. The number of sulfonamides is 1. The van der Waals surface area contributed by atoms with E-state index in [1.165, 1.54) is 0 Å². The molecular weight excluding hydrogens is 248 g/mol. The smallest absolute Gasteiger partial charge is 0.209 e. The first-order valence-electron chi connectivity index (χ1n) is 4.89. The van der Waals surface area contributed by atoms with Gasteiger partial charge in [-0.05, 0) is 23.6 Å². The Bertz CT molecular complexity index is 472. The second kappa shape index (κ2) is 5.12. The van der Waals surface area contributed by atoms with E-state index in [4.69, 9.17) is 11.6 Å². The van der Waals surface area contributed by atoms with Gasteiger partial charge in [-0.15, -0.1) is 0 Å². The second-order valence-electron chi connectivity index (χ2n) is 3.97. The summed E-state index contributed by atoms with van der Waals surface area (Å²) in [7, 11) is -3.18. The first-order chi connectivity index (χ1) is 7.28. The van der Waals surface area contributed by atoms with E-state index in [0.717, 1.165) is 17.5 Å². The molecule has 0 aliphatic rings. The molecular formula is C10H15ClN2O2S. The van der Waals surface area contributed by atoms with Crippen molar-refractivity contribution in [2.75, 3.05) is 6.26 Å². The average Bonchev–Trinajstić information content (AvgIpc) is 2.13. The Morgan fingerprint density at radius 2 is 2.06 bits per heavy atom. The van der Waals surface area contributed by atoms with Crippen molar-refractivity contribution in [3.8, 4) is 0 Å². The van der Waals surface area contributed by atoms with Gasteiger partial charge in [0.15, 0.2) is 0 Å². The topological polar surface area (TPSA) is 59.1 Å². The third-order valence-electron chi connectivity index (χ3n) is 2.00. The highest BCUT2D eigenvalue weighted by atomic mass is 35.5. The largest absolute Gasteiger partial charge is 0.241 e. The molecule has 0 saturated carbocycles. The Balaban J connectivity index is 2.89. The lowest BCUT2D eigenvalue weighted by atomic mass is 10.1. The molecule has 0 fully saturated rings. The summed E-state index contributed by atoms with van der Waals surface area (Å²) in [5.41, 5.74) is 1.67. The molecule has 0 saturated heterocycles. The van der Waals surface area contributed by atoms with Crippen molar-refractivity contribution >= 4 is 21.6 Å². The van der Waals surface area contributed by atoms with Gasteiger partial charge in [-0.1, -0.05) is 25.4 Å². The number of pyridine rings is 1. The molecule has 1 aromatic rings. The van der Waals surface area contributed by atoms with Crippen molar-refractivity contribution in [3.63, 3.8) is 0 Å². The predicted molar refractivity (Wildman–Crippen MR) is 65.0 cm³/mol. The average molecular weight is 263 g/mol. The van der Waals surface area contributed by atoms with Crippen molar-refractivity contribution in [3.05, 3.63) is 28.5 Å². The number of rotatable bonds is 4. The zero-order chi connectivity index (χ0) is 12.3. The fraction of sp³-hybridized carbons (Fsp3) is 0.500. The van der Waals surface area contributed by atoms with Crippen LogP contribution in [-0.2, 0) is 16.6 Å². The van der Waals surface area contributed by atoms with Crippen LogP contribution >= 0.6 is 11.6 Å². The maximum atomic E-state index is 10.9. The van der Waals surface area contributed by atoms with Crippen molar-refractivity contribution in [2.45, 2.75) is 26.3 Å². The van der Waals surface area contributed by atoms with Gasteiger partial charge in [0, 0.05) is 12.2 Å². The van der Waals surface area contributed by atoms with Crippen LogP contribution in [0, 0.1) is 0 Å². The number of nitrogens with zero attached hydrogens (tertiary/aromatic N) is 1. The lowest BCUT2D eigenvalue weighted by molar-refractivity contribution is 0.587. The van der Waals surface area contributed by atoms with Crippen LogP contribution in [0.15, 0.2) is 12.1 Å². The van der Waals surface area contributed by atoms with Gasteiger partial charge in [-0.25, -0.2) is 18.1 Å². The molecule has 16 heavy (non-hydrogen) atoms. The maximum absolute atomic E-state index is 10.9. The van der Waals surface area contributed by atoms with Gasteiger partial charge in [-0.2, -0.15) is 0 Å². The number of hydrogen-bond acceptors (Lipinski definition) is 3. The second-order valence-corrected chi connectivity index (χ2v) is 6.19.